The Kier molecular flexibility index (Phi) is 10.4. The number of nitrogens with zero attached hydrogens (tertiary/aromatic N) is 10. The lowest BCUT2D eigenvalue weighted by molar-refractivity contribution is -0.0852. The molecule has 2 fully saturated rings. The third-order valence-corrected chi connectivity index (χ3v) is 8.76. The summed E-state index contributed by atoms with van der Waals surface area (Å²) in [6, 6.07) is 8.34. The van der Waals surface area contributed by atoms with Gasteiger partial charge in [0.2, 0.25) is 5.95 Å². The first kappa shape index (κ1) is 34.2. The summed E-state index contributed by atoms with van der Waals surface area (Å²) in [6.45, 7) is 12.1. The van der Waals surface area contributed by atoms with Crippen molar-refractivity contribution >= 4 is 11.6 Å². The van der Waals surface area contributed by atoms with Crippen molar-refractivity contribution in [1.29, 1.82) is 5.26 Å². The molecule has 2 aliphatic rings. The van der Waals surface area contributed by atoms with Crippen LogP contribution in [0.3, 0.4) is 0 Å². The molecule has 49 heavy (non-hydrogen) atoms. The second kappa shape index (κ2) is 14.9. The van der Waals surface area contributed by atoms with Gasteiger partial charge in [-0.1, -0.05) is 6.07 Å². The molecule has 4 aromatic rings. The van der Waals surface area contributed by atoms with Gasteiger partial charge in [-0.25, -0.2) is 14.6 Å². The number of rotatable bonds is 12. The van der Waals surface area contributed by atoms with Gasteiger partial charge in [0, 0.05) is 37.1 Å². The van der Waals surface area contributed by atoms with Gasteiger partial charge in [0.15, 0.2) is 0 Å². The standard InChI is InChI=1S/C34H45N11O4/c1-22-16-43(17-23(2)48-22)28-8-10-29(11-9-28)45-19-30(32(40-45)47-20-34(4,5)46)39-33-36-14-27(15-37-33)25-6-7-26(13-35)31(12-25)49-24(3)18-44-21-38-41-42-44/h6-7,12,14-15,19,21-24,28-29,46H,8-11,16-18,20H2,1-5H3,(H,36,37,39)/t22-,23+,24?,28?,29?. The summed E-state index contributed by atoms with van der Waals surface area (Å²) in [7, 11) is 0. The molecule has 15 nitrogen and oxygen atoms in total. The van der Waals surface area contributed by atoms with E-state index in [2.05, 4.69) is 55.6 Å². The second-order valence-corrected chi connectivity index (χ2v) is 13.8. The number of nitriles is 1. The lowest BCUT2D eigenvalue weighted by Gasteiger charge is -2.42. The van der Waals surface area contributed by atoms with Crippen molar-refractivity contribution in [3.63, 3.8) is 0 Å². The van der Waals surface area contributed by atoms with E-state index in [9.17, 15) is 10.4 Å². The first-order valence-corrected chi connectivity index (χ1v) is 16.9. The largest absolute Gasteiger partial charge is 0.487 e. The Morgan fingerprint density at radius 3 is 2.45 bits per heavy atom. The topological polar surface area (TPSA) is 174 Å². The number of hydrogen-bond acceptors (Lipinski definition) is 13. The predicted octanol–water partition coefficient (Wildman–Crippen LogP) is 4.15. The Bertz CT molecular complexity index is 1700. The van der Waals surface area contributed by atoms with Gasteiger partial charge >= 0.3 is 0 Å². The van der Waals surface area contributed by atoms with Crippen molar-refractivity contribution in [2.24, 2.45) is 0 Å². The molecule has 15 heteroatoms. The van der Waals surface area contributed by atoms with Crippen LogP contribution in [0.2, 0.25) is 0 Å². The van der Waals surface area contributed by atoms with Crippen molar-refractivity contribution < 1.29 is 19.3 Å². The van der Waals surface area contributed by atoms with Gasteiger partial charge in [-0.3, -0.25) is 9.58 Å². The molecule has 0 bridgehead atoms. The molecule has 0 radical (unpaired) electrons. The number of ether oxygens (including phenoxy) is 3. The van der Waals surface area contributed by atoms with Crippen LogP contribution in [0.5, 0.6) is 11.6 Å². The highest BCUT2D eigenvalue weighted by molar-refractivity contribution is 5.67. The first-order valence-electron chi connectivity index (χ1n) is 16.9. The number of nitrogens with one attached hydrogen (secondary N) is 1. The highest BCUT2D eigenvalue weighted by atomic mass is 16.5. The summed E-state index contributed by atoms with van der Waals surface area (Å²) in [5.41, 5.74) is 1.57. The molecule has 1 unspecified atom stereocenters. The third kappa shape index (κ3) is 8.88. The number of aliphatic hydroxyl groups is 1. The van der Waals surface area contributed by atoms with Gasteiger partial charge in [-0.2, -0.15) is 5.26 Å². The van der Waals surface area contributed by atoms with Gasteiger partial charge in [-0.15, -0.1) is 10.2 Å². The molecule has 1 saturated carbocycles. The van der Waals surface area contributed by atoms with E-state index >= 15 is 0 Å². The molecule has 1 aliphatic carbocycles. The zero-order valence-corrected chi connectivity index (χ0v) is 28.7. The van der Waals surface area contributed by atoms with Crippen LogP contribution in [-0.4, -0.2) is 99.6 Å². The van der Waals surface area contributed by atoms with Gasteiger partial charge in [0.1, 0.15) is 36.5 Å². The number of hydrogen-bond donors (Lipinski definition) is 2. The summed E-state index contributed by atoms with van der Waals surface area (Å²) in [6.07, 6.45) is 11.3. The van der Waals surface area contributed by atoms with Crippen LogP contribution in [0.15, 0.2) is 43.1 Å². The van der Waals surface area contributed by atoms with Gasteiger partial charge < -0.3 is 24.6 Å². The van der Waals surface area contributed by atoms with E-state index in [-0.39, 0.29) is 31.0 Å². The van der Waals surface area contributed by atoms with E-state index in [4.69, 9.17) is 19.3 Å². The zero-order valence-electron chi connectivity index (χ0n) is 28.7. The van der Waals surface area contributed by atoms with Crippen molar-refractivity contribution in [2.75, 3.05) is 25.0 Å². The van der Waals surface area contributed by atoms with E-state index in [0.717, 1.165) is 49.9 Å². The minimum Gasteiger partial charge on any atom is -0.487 e. The quantitative estimate of drug-likeness (QED) is 0.220. The molecule has 260 valence electrons. The maximum atomic E-state index is 10.3. The average Bonchev–Trinajstić information content (AvgIpc) is 3.73. The summed E-state index contributed by atoms with van der Waals surface area (Å²) in [5, 5.41) is 39.3. The van der Waals surface area contributed by atoms with E-state index < -0.39 is 5.60 Å². The summed E-state index contributed by atoms with van der Waals surface area (Å²) >= 11 is 0. The van der Waals surface area contributed by atoms with Crippen LogP contribution in [0, 0.1) is 11.3 Å². The zero-order chi connectivity index (χ0) is 34.5. The third-order valence-electron chi connectivity index (χ3n) is 8.76. The van der Waals surface area contributed by atoms with Crippen LogP contribution >= 0.6 is 0 Å². The minimum atomic E-state index is -1.03. The molecule has 3 atom stereocenters. The number of benzene rings is 1. The molecular formula is C34H45N11O4. The molecule has 0 spiro atoms. The molecule has 1 aliphatic heterocycles. The highest BCUT2D eigenvalue weighted by Gasteiger charge is 2.32. The van der Waals surface area contributed by atoms with Crippen LogP contribution in [0.25, 0.3) is 11.1 Å². The molecule has 0 amide bonds. The van der Waals surface area contributed by atoms with Crippen LogP contribution in [-0.2, 0) is 11.3 Å². The fourth-order valence-corrected chi connectivity index (χ4v) is 6.54. The monoisotopic (exact) mass is 671 g/mol. The lowest BCUT2D eigenvalue weighted by atomic mass is 9.89. The Hall–Kier alpha value is -4.65. The predicted molar refractivity (Wildman–Crippen MR) is 180 cm³/mol. The average molecular weight is 672 g/mol. The highest BCUT2D eigenvalue weighted by Crippen LogP contribution is 2.36. The van der Waals surface area contributed by atoms with Gasteiger partial charge in [-0.05, 0) is 88.4 Å². The van der Waals surface area contributed by atoms with Crippen LogP contribution < -0.4 is 14.8 Å². The Morgan fingerprint density at radius 1 is 1.08 bits per heavy atom. The minimum absolute atomic E-state index is 0.0794. The van der Waals surface area contributed by atoms with Crippen LogP contribution in [0.4, 0.5) is 11.6 Å². The number of anilines is 2. The van der Waals surface area contributed by atoms with Crippen LogP contribution in [0.1, 0.15) is 71.9 Å². The SMILES string of the molecule is CC(Cn1cnnn1)Oc1cc(-c2cnc(Nc3cn(C4CCC(N5C[C@@H](C)O[C@@H](C)C5)CC4)nc3OCC(C)(C)O)nc2)ccc1C#N. The van der Waals surface area contributed by atoms with Crippen molar-refractivity contribution in [3.8, 4) is 28.8 Å². The molecule has 2 N–H and O–H groups in total. The van der Waals surface area contributed by atoms with E-state index in [1.165, 1.54) is 6.33 Å². The molecule has 3 aromatic heterocycles. The number of tetrazole rings is 1. The molecule has 1 aromatic carbocycles. The van der Waals surface area contributed by atoms with Crippen molar-refractivity contribution in [3.05, 3.63) is 48.7 Å². The number of aromatic nitrogens is 8. The van der Waals surface area contributed by atoms with Gasteiger partial charge in [0.05, 0.1) is 42.2 Å². The molecular weight excluding hydrogens is 626 g/mol. The number of morpholine rings is 1. The Labute approximate surface area is 286 Å². The second-order valence-electron chi connectivity index (χ2n) is 13.8. The fraction of sp³-hybridized carbons (Fsp3) is 0.559. The summed E-state index contributed by atoms with van der Waals surface area (Å²) in [4.78, 5) is 11.7. The Balaban J connectivity index is 1.14. The maximum Gasteiger partial charge on any atom is 0.257 e. The normalized spacial score (nSPS) is 22.3. The maximum absolute atomic E-state index is 10.3. The summed E-state index contributed by atoms with van der Waals surface area (Å²) < 4.78 is 21.6. The molecule has 6 rings (SSSR count). The lowest BCUT2D eigenvalue weighted by Crippen LogP contribution is -2.51. The van der Waals surface area contributed by atoms with E-state index in [1.54, 1.807) is 37.0 Å². The molecule has 1 saturated heterocycles. The summed E-state index contributed by atoms with van der Waals surface area (Å²) in [5.74, 6) is 1.21. The van der Waals surface area contributed by atoms with Crippen molar-refractivity contribution in [1.82, 2.24) is 44.9 Å². The van der Waals surface area contributed by atoms with Gasteiger partial charge in [0.25, 0.3) is 5.88 Å². The van der Waals surface area contributed by atoms with E-state index in [0.29, 0.717) is 41.4 Å². The molecule has 4 heterocycles. The first-order chi connectivity index (χ1) is 23.5. The smallest absolute Gasteiger partial charge is 0.257 e. The van der Waals surface area contributed by atoms with E-state index in [1.807, 2.05) is 29.9 Å². The van der Waals surface area contributed by atoms with Crippen molar-refractivity contribution in [2.45, 2.75) is 103 Å². The fourth-order valence-electron chi connectivity index (χ4n) is 6.54. The Morgan fingerprint density at radius 2 is 1.80 bits per heavy atom.